The highest BCUT2D eigenvalue weighted by Gasteiger charge is 2.19. The number of carbonyl (C=O) groups excluding carboxylic acids is 1. The van der Waals surface area contributed by atoms with E-state index in [9.17, 15) is 14.9 Å². The fraction of sp³-hybridized carbons (Fsp3) is 0.154. The number of carbonyl (C=O) groups is 1. The van der Waals surface area contributed by atoms with Crippen LogP contribution < -0.4 is 0 Å². The lowest BCUT2D eigenvalue weighted by atomic mass is 10.0. The van der Waals surface area contributed by atoms with Gasteiger partial charge < -0.3 is 0 Å². The highest BCUT2D eigenvalue weighted by atomic mass is 79.9. The Kier molecular flexibility index (Phi) is 3.43. The van der Waals surface area contributed by atoms with Crippen molar-refractivity contribution in [3.05, 3.63) is 50.5 Å². The number of Topliss-reactive ketones (excluding diaryl/α,β-unsaturated/α-hetero) is 1. The summed E-state index contributed by atoms with van der Waals surface area (Å²) in [7, 11) is 0. The molecule has 0 aromatic heterocycles. The number of nitrogens with zero attached hydrogens (tertiary/aromatic N) is 1. The van der Waals surface area contributed by atoms with Crippen molar-refractivity contribution in [3.8, 4) is 0 Å². The van der Waals surface area contributed by atoms with Gasteiger partial charge in [-0.05, 0) is 30.5 Å². The lowest BCUT2D eigenvalue weighted by Gasteiger charge is -2.05. The number of nitro groups is 1. The Hall–Kier alpha value is -1.75. The van der Waals surface area contributed by atoms with Gasteiger partial charge in [0.15, 0.2) is 0 Å². The molecule has 0 saturated heterocycles. The van der Waals surface area contributed by atoms with Crippen LogP contribution in [0.5, 0.6) is 0 Å². The SMILES string of the molecule is CC(=O)Cc1ccc2cc(Br)ccc2c1[N+](=O)[O-]. The van der Waals surface area contributed by atoms with Crippen molar-refractivity contribution in [2.75, 3.05) is 0 Å². The van der Waals surface area contributed by atoms with Gasteiger partial charge in [0.05, 0.1) is 10.3 Å². The van der Waals surface area contributed by atoms with E-state index in [2.05, 4.69) is 15.9 Å². The molecule has 18 heavy (non-hydrogen) atoms. The summed E-state index contributed by atoms with van der Waals surface area (Å²) in [5.41, 5.74) is 0.484. The zero-order valence-corrected chi connectivity index (χ0v) is 11.2. The van der Waals surface area contributed by atoms with Gasteiger partial charge in [-0.25, -0.2) is 0 Å². The van der Waals surface area contributed by atoms with Crippen molar-refractivity contribution in [2.45, 2.75) is 13.3 Å². The number of benzene rings is 2. The molecule has 0 aliphatic carbocycles. The molecule has 0 fully saturated rings. The van der Waals surface area contributed by atoms with Gasteiger partial charge >= 0.3 is 0 Å². The summed E-state index contributed by atoms with van der Waals surface area (Å²) >= 11 is 3.33. The fourth-order valence-corrected chi connectivity index (χ4v) is 2.33. The summed E-state index contributed by atoms with van der Waals surface area (Å²) < 4.78 is 0.864. The molecule has 2 rings (SSSR count). The predicted octanol–water partition coefficient (Wildman–Crippen LogP) is 3.64. The van der Waals surface area contributed by atoms with Crippen molar-refractivity contribution in [3.63, 3.8) is 0 Å². The molecule has 0 heterocycles. The largest absolute Gasteiger partial charge is 0.300 e. The molecule has 0 radical (unpaired) electrons. The minimum atomic E-state index is -0.422. The first-order valence-electron chi connectivity index (χ1n) is 5.34. The average Bonchev–Trinajstić information content (AvgIpc) is 2.27. The van der Waals surface area contributed by atoms with E-state index in [-0.39, 0.29) is 17.9 Å². The first-order chi connectivity index (χ1) is 8.49. The molecular formula is C13H10BrNO3. The molecule has 0 aliphatic heterocycles. The molecule has 4 nitrogen and oxygen atoms in total. The summed E-state index contributed by atoms with van der Waals surface area (Å²) in [6, 6.07) is 8.72. The molecule has 0 amide bonds. The summed E-state index contributed by atoms with van der Waals surface area (Å²) in [5.74, 6) is -0.0884. The minimum absolute atomic E-state index is 0.0233. The summed E-state index contributed by atoms with van der Waals surface area (Å²) in [6.07, 6.45) is 0.0856. The van der Waals surface area contributed by atoms with Crippen LogP contribution in [0.25, 0.3) is 10.8 Å². The van der Waals surface area contributed by atoms with Gasteiger partial charge in [-0.15, -0.1) is 0 Å². The van der Waals surface area contributed by atoms with E-state index in [1.54, 1.807) is 24.3 Å². The smallest absolute Gasteiger partial charge is 0.280 e. The van der Waals surface area contributed by atoms with Crippen LogP contribution in [0.2, 0.25) is 0 Å². The van der Waals surface area contributed by atoms with E-state index in [0.717, 1.165) is 9.86 Å². The quantitative estimate of drug-likeness (QED) is 0.642. The molecular weight excluding hydrogens is 298 g/mol. The van der Waals surface area contributed by atoms with Gasteiger partial charge in [-0.1, -0.05) is 28.1 Å². The number of halogens is 1. The molecule has 92 valence electrons. The summed E-state index contributed by atoms with van der Waals surface area (Å²) in [4.78, 5) is 21.9. The van der Waals surface area contributed by atoms with Crippen LogP contribution in [0, 0.1) is 10.1 Å². The van der Waals surface area contributed by atoms with Gasteiger partial charge in [-0.3, -0.25) is 14.9 Å². The van der Waals surface area contributed by atoms with Gasteiger partial charge in [0.1, 0.15) is 5.78 Å². The Balaban J connectivity index is 2.74. The third kappa shape index (κ3) is 2.41. The van der Waals surface area contributed by atoms with Crippen LogP contribution in [0.1, 0.15) is 12.5 Å². The Morgan fingerprint density at radius 3 is 2.67 bits per heavy atom. The number of nitro benzene ring substituents is 1. The summed E-state index contributed by atoms with van der Waals surface area (Å²) in [6.45, 7) is 1.43. The van der Waals surface area contributed by atoms with Gasteiger partial charge in [-0.2, -0.15) is 0 Å². The van der Waals surface area contributed by atoms with E-state index in [0.29, 0.717) is 10.9 Å². The van der Waals surface area contributed by atoms with E-state index in [1.807, 2.05) is 6.07 Å². The average molecular weight is 308 g/mol. The Morgan fingerprint density at radius 2 is 2.06 bits per heavy atom. The van der Waals surface area contributed by atoms with Crippen molar-refractivity contribution in [2.24, 2.45) is 0 Å². The number of rotatable bonds is 3. The van der Waals surface area contributed by atoms with E-state index in [1.165, 1.54) is 6.92 Å². The second-order valence-corrected chi connectivity index (χ2v) is 4.99. The summed E-state index contributed by atoms with van der Waals surface area (Å²) in [5, 5.41) is 12.5. The predicted molar refractivity (Wildman–Crippen MR) is 72.7 cm³/mol. The van der Waals surface area contributed by atoms with E-state index in [4.69, 9.17) is 0 Å². The Labute approximate surface area is 112 Å². The van der Waals surface area contributed by atoms with Crippen molar-refractivity contribution in [1.82, 2.24) is 0 Å². The lowest BCUT2D eigenvalue weighted by Crippen LogP contribution is -2.02. The highest BCUT2D eigenvalue weighted by molar-refractivity contribution is 9.10. The van der Waals surface area contributed by atoms with Gasteiger partial charge in [0.25, 0.3) is 5.69 Å². The van der Waals surface area contributed by atoms with Crippen LogP contribution in [-0.4, -0.2) is 10.7 Å². The van der Waals surface area contributed by atoms with E-state index < -0.39 is 4.92 Å². The fourth-order valence-electron chi connectivity index (χ4n) is 1.96. The molecule has 0 atom stereocenters. The van der Waals surface area contributed by atoms with Gasteiger partial charge in [0, 0.05) is 16.5 Å². The zero-order chi connectivity index (χ0) is 13.3. The minimum Gasteiger partial charge on any atom is -0.300 e. The van der Waals surface area contributed by atoms with Crippen molar-refractivity contribution >= 4 is 38.2 Å². The molecule has 2 aromatic rings. The first-order valence-corrected chi connectivity index (χ1v) is 6.13. The molecule has 5 heteroatoms. The van der Waals surface area contributed by atoms with Crippen molar-refractivity contribution in [1.29, 1.82) is 0 Å². The topological polar surface area (TPSA) is 60.2 Å². The highest BCUT2D eigenvalue weighted by Crippen LogP contribution is 2.31. The van der Waals surface area contributed by atoms with Gasteiger partial charge in [0.2, 0.25) is 0 Å². The van der Waals surface area contributed by atoms with Crippen LogP contribution in [0.3, 0.4) is 0 Å². The number of fused-ring (bicyclic) bond motifs is 1. The second kappa shape index (κ2) is 4.86. The molecule has 0 unspecified atom stereocenters. The second-order valence-electron chi connectivity index (χ2n) is 4.07. The molecule has 0 bridgehead atoms. The molecule has 0 N–H and O–H groups in total. The molecule has 2 aromatic carbocycles. The maximum absolute atomic E-state index is 11.2. The van der Waals surface area contributed by atoms with Crippen LogP contribution >= 0.6 is 15.9 Å². The monoisotopic (exact) mass is 307 g/mol. The van der Waals surface area contributed by atoms with Crippen LogP contribution in [-0.2, 0) is 11.2 Å². The molecule has 0 saturated carbocycles. The number of hydrogen-bond donors (Lipinski definition) is 0. The normalized spacial score (nSPS) is 10.6. The Bertz CT molecular complexity index is 652. The molecule has 0 spiro atoms. The van der Waals surface area contributed by atoms with Crippen molar-refractivity contribution < 1.29 is 9.72 Å². The zero-order valence-electron chi connectivity index (χ0n) is 9.64. The number of hydrogen-bond acceptors (Lipinski definition) is 3. The number of ketones is 1. The third-order valence-corrected chi connectivity index (χ3v) is 3.15. The standard InChI is InChI=1S/C13H10BrNO3/c1-8(16)6-10-3-2-9-7-11(14)4-5-12(9)13(10)15(17)18/h2-5,7H,6H2,1H3. The molecule has 0 aliphatic rings. The maximum Gasteiger partial charge on any atom is 0.280 e. The first kappa shape index (κ1) is 12.7. The third-order valence-electron chi connectivity index (χ3n) is 2.66. The maximum atomic E-state index is 11.2. The lowest BCUT2D eigenvalue weighted by molar-refractivity contribution is -0.383. The Morgan fingerprint density at radius 1 is 1.33 bits per heavy atom. The van der Waals surface area contributed by atoms with E-state index >= 15 is 0 Å². The van der Waals surface area contributed by atoms with Crippen LogP contribution in [0.4, 0.5) is 5.69 Å². The van der Waals surface area contributed by atoms with Crippen LogP contribution in [0.15, 0.2) is 34.8 Å².